The number of rotatable bonds is 2. The van der Waals surface area contributed by atoms with Gasteiger partial charge in [0.15, 0.2) is 0 Å². The molecule has 0 saturated heterocycles. The van der Waals surface area contributed by atoms with Crippen molar-refractivity contribution < 1.29 is 0 Å². The summed E-state index contributed by atoms with van der Waals surface area (Å²) in [5.41, 5.74) is 19.3. The van der Waals surface area contributed by atoms with Gasteiger partial charge in [-0.05, 0) is 144 Å². The lowest BCUT2D eigenvalue weighted by Gasteiger charge is -2.45. The summed E-state index contributed by atoms with van der Waals surface area (Å²) in [6.45, 7) is 38.1. The molecule has 0 unspecified atom stereocenters. The molecule has 0 spiro atoms. The molecule has 1 aromatic heterocycles. The van der Waals surface area contributed by atoms with Crippen LogP contribution < -0.4 is 25.5 Å². The van der Waals surface area contributed by atoms with Crippen molar-refractivity contribution in [2.24, 2.45) is 0 Å². The highest BCUT2D eigenvalue weighted by Crippen LogP contribution is 2.53. The predicted octanol–water partition coefficient (Wildman–Crippen LogP) is 14.5. The Bertz CT molecular complexity index is 2680. The molecule has 0 bridgehead atoms. The molecule has 4 heteroatoms. The molecule has 0 atom stereocenters. The molecule has 0 radical (unpaired) electrons. The normalized spacial score (nSPS) is 17.0. The van der Waals surface area contributed by atoms with Crippen LogP contribution in [0, 0.1) is 0 Å². The minimum atomic E-state index is -0.0768. The fourth-order valence-electron chi connectivity index (χ4n) is 10.2. The van der Waals surface area contributed by atoms with Crippen LogP contribution >= 0.6 is 11.3 Å². The van der Waals surface area contributed by atoms with E-state index in [1.165, 1.54) is 106 Å². The van der Waals surface area contributed by atoms with Gasteiger partial charge < -0.3 is 9.80 Å². The van der Waals surface area contributed by atoms with Crippen LogP contribution in [0.3, 0.4) is 0 Å². The fraction of sp³-hybridized carbons (Fsp3) is 0.429. The van der Waals surface area contributed by atoms with Crippen molar-refractivity contribution in [1.29, 1.82) is 0 Å². The molecular weight excluding hydrogens is 744 g/mol. The largest absolute Gasteiger partial charge is 0.311 e. The summed E-state index contributed by atoms with van der Waals surface area (Å²) in [7, 11) is 0. The van der Waals surface area contributed by atoms with Gasteiger partial charge in [0.1, 0.15) is 0 Å². The maximum Gasteiger partial charge on any atom is 0.264 e. The lowest BCUT2D eigenvalue weighted by molar-refractivity contribution is 0.332. The van der Waals surface area contributed by atoms with Crippen molar-refractivity contribution in [3.63, 3.8) is 0 Å². The van der Waals surface area contributed by atoms with E-state index < -0.39 is 0 Å². The highest BCUT2D eigenvalue weighted by Gasteiger charge is 2.47. The standard InChI is InChI=1S/C56H67BN2S/c1-51(2,3)34-17-22-38(23-18-34)58-44-26-21-36(53(7,8)9)29-43(44)57-48-45(58)30-37(54(10,11)12)31-46(48)59(39-24-19-35(20-25-39)52(4,5)6)49-40-32-41-42(33-47(40)60-50(49)57)56(15,16)28-27-55(41,13)14/h17-26,29-33H,27-28H2,1-16H3. The molecule has 310 valence electrons. The molecule has 3 aliphatic rings. The van der Waals surface area contributed by atoms with E-state index >= 15 is 0 Å². The zero-order valence-electron chi connectivity index (χ0n) is 39.5. The summed E-state index contributed by atoms with van der Waals surface area (Å²) in [6.07, 6.45) is 2.40. The van der Waals surface area contributed by atoms with Crippen LogP contribution in [0.5, 0.6) is 0 Å². The number of nitrogens with zero attached hydrogens (tertiary/aromatic N) is 2. The quantitative estimate of drug-likeness (QED) is 0.161. The Morgan fingerprint density at radius 1 is 0.483 bits per heavy atom. The summed E-state index contributed by atoms with van der Waals surface area (Å²) in [6, 6.07) is 36.7. The van der Waals surface area contributed by atoms with Crippen molar-refractivity contribution in [2.45, 2.75) is 156 Å². The average Bonchev–Trinajstić information content (AvgIpc) is 3.53. The second-order valence-electron chi connectivity index (χ2n) is 23.9. The Hall–Kier alpha value is -4.28. The minimum Gasteiger partial charge on any atom is -0.311 e. The summed E-state index contributed by atoms with van der Waals surface area (Å²) in [5, 5.41) is 1.39. The number of anilines is 6. The predicted molar refractivity (Wildman–Crippen MR) is 266 cm³/mol. The topological polar surface area (TPSA) is 6.48 Å². The first kappa shape index (κ1) is 41.1. The molecule has 0 saturated carbocycles. The number of fused-ring (bicyclic) bond motifs is 7. The van der Waals surface area contributed by atoms with Gasteiger partial charge in [0.05, 0.1) is 5.69 Å². The fourth-order valence-corrected chi connectivity index (χ4v) is 11.6. The second kappa shape index (κ2) is 13.1. The monoisotopic (exact) mass is 811 g/mol. The van der Waals surface area contributed by atoms with Gasteiger partial charge in [0.2, 0.25) is 0 Å². The maximum atomic E-state index is 2.68. The van der Waals surface area contributed by atoms with E-state index in [2.05, 4.69) is 212 Å². The van der Waals surface area contributed by atoms with Crippen LogP contribution in [-0.4, -0.2) is 6.71 Å². The Morgan fingerprint density at radius 3 is 1.43 bits per heavy atom. The van der Waals surface area contributed by atoms with E-state index in [4.69, 9.17) is 0 Å². The van der Waals surface area contributed by atoms with E-state index in [1.807, 2.05) is 11.3 Å². The first-order chi connectivity index (χ1) is 27.8. The van der Waals surface area contributed by atoms with Crippen LogP contribution in [0.1, 0.15) is 157 Å². The van der Waals surface area contributed by atoms with Gasteiger partial charge in [-0.3, -0.25) is 0 Å². The zero-order valence-corrected chi connectivity index (χ0v) is 40.3. The molecular formula is C56H67BN2S. The van der Waals surface area contributed by atoms with Crippen molar-refractivity contribution in [2.75, 3.05) is 9.80 Å². The molecule has 0 N–H and O–H groups in total. The summed E-state index contributed by atoms with van der Waals surface area (Å²) in [5.74, 6) is 0. The number of hydrogen-bond donors (Lipinski definition) is 0. The van der Waals surface area contributed by atoms with Gasteiger partial charge in [-0.25, -0.2) is 0 Å². The number of thiophene rings is 1. The first-order valence-electron chi connectivity index (χ1n) is 22.5. The van der Waals surface area contributed by atoms with Crippen LogP contribution in [0.4, 0.5) is 34.1 Å². The minimum absolute atomic E-state index is 0.00212. The van der Waals surface area contributed by atoms with Crippen molar-refractivity contribution >= 4 is 78.0 Å². The van der Waals surface area contributed by atoms with Crippen molar-refractivity contribution in [1.82, 2.24) is 0 Å². The first-order valence-corrected chi connectivity index (χ1v) is 23.3. The highest BCUT2D eigenvalue weighted by molar-refractivity contribution is 7.33. The SMILES string of the molecule is CC(C)(C)c1ccc(N2c3ccc(C(C)(C)C)cc3B3c4sc5cc6c(cc5c4N(c4ccc(C(C)(C)C)cc4)c4cc(C(C)(C)C)cc2c43)C(C)(C)CCC6(C)C)cc1. The van der Waals surface area contributed by atoms with Gasteiger partial charge in [-0.2, -0.15) is 0 Å². The summed E-state index contributed by atoms with van der Waals surface area (Å²) >= 11 is 2.05. The Balaban J connectivity index is 1.43. The number of benzene rings is 5. The molecule has 2 nitrogen and oxygen atoms in total. The third-order valence-corrected chi connectivity index (χ3v) is 15.6. The van der Waals surface area contributed by atoms with Gasteiger partial charge in [-0.15, -0.1) is 11.3 Å². The average molecular weight is 811 g/mol. The third-order valence-electron chi connectivity index (χ3n) is 14.3. The molecule has 2 aliphatic heterocycles. The van der Waals surface area contributed by atoms with Crippen molar-refractivity contribution in [3.05, 3.63) is 124 Å². The van der Waals surface area contributed by atoms with Crippen LogP contribution in [0.25, 0.3) is 10.1 Å². The summed E-state index contributed by atoms with van der Waals surface area (Å²) in [4.78, 5) is 5.28. The third kappa shape index (κ3) is 6.49. The van der Waals surface area contributed by atoms with E-state index in [0.29, 0.717) is 0 Å². The van der Waals surface area contributed by atoms with Crippen LogP contribution in [0.2, 0.25) is 0 Å². The highest BCUT2D eigenvalue weighted by atomic mass is 32.1. The van der Waals surface area contributed by atoms with E-state index in [9.17, 15) is 0 Å². The zero-order chi connectivity index (χ0) is 43.3. The van der Waals surface area contributed by atoms with E-state index in [1.54, 1.807) is 0 Å². The molecule has 0 fully saturated rings. The molecule has 3 heterocycles. The van der Waals surface area contributed by atoms with Crippen LogP contribution in [0.15, 0.2) is 91.0 Å². The molecule has 60 heavy (non-hydrogen) atoms. The maximum absolute atomic E-state index is 2.68. The van der Waals surface area contributed by atoms with Gasteiger partial charge in [0.25, 0.3) is 6.71 Å². The van der Waals surface area contributed by atoms with Crippen LogP contribution in [-0.2, 0) is 32.5 Å². The molecule has 5 aromatic carbocycles. The van der Waals surface area contributed by atoms with Crippen molar-refractivity contribution in [3.8, 4) is 0 Å². The van der Waals surface area contributed by atoms with Gasteiger partial charge in [0, 0.05) is 43.3 Å². The second-order valence-corrected chi connectivity index (χ2v) is 25.0. The molecule has 1 aliphatic carbocycles. The number of hydrogen-bond acceptors (Lipinski definition) is 3. The lowest BCUT2D eigenvalue weighted by atomic mass is 9.36. The Morgan fingerprint density at radius 2 is 0.933 bits per heavy atom. The lowest BCUT2D eigenvalue weighted by Crippen LogP contribution is -2.60. The summed E-state index contributed by atoms with van der Waals surface area (Å²) < 4.78 is 2.86. The molecule has 6 aromatic rings. The Kier molecular flexibility index (Phi) is 8.99. The van der Waals surface area contributed by atoms with E-state index in [0.717, 1.165) is 0 Å². The molecule has 0 amide bonds. The smallest absolute Gasteiger partial charge is 0.264 e. The Labute approximate surface area is 366 Å². The van der Waals surface area contributed by atoms with E-state index in [-0.39, 0.29) is 39.2 Å². The van der Waals surface area contributed by atoms with Gasteiger partial charge in [-0.1, -0.05) is 147 Å². The van der Waals surface area contributed by atoms with Gasteiger partial charge >= 0.3 is 0 Å². The molecule has 9 rings (SSSR count).